The zero-order valence-corrected chi connectivity index (χ0v) is 26.0. The van der Waals surface area contributed by atoms with Crippen LogP contribution in [0.3, 0.4) is 0 Å². The molecule has 0 radical (unpaired) electrons. The van der Waals surface area contributed by atoms with Gasteiger partial charge in [0.1, 0.15) is 0 Å². The van der Waals surface area contributed by atoms with Gasteiger partial charge in [-0.3, -0.25) is 4.79 Å². The van der Waals surface area contributed by atoms with Gasteiger partial charge >= 0.3 is 6.18 Å². The molecule has 4 N–H and O–H groups in total. The lowest BCUT2D eigenvalue weighted by Gasteiger charge is -2.21. The number of unbranched alkanes of at least 4 members (excludes halogenated alkanes) is 6. The van der Waals surface area contributed by atoms with Gasteiger partial charge in [0.25, 0.3) is 0 Å². The van der Waals surface area contributed by atoms with Crippen LogP contribution in [-0.2, 0) is 29.2 Å². The van der Waals surface area contributed by atoms with Crippen LogP contribution in [0.4, 0.5) is 18.9 Å². The largest absolute Gasteiger partial charge is 0.417 e. The van der Waals surface area contributed by atoms with Crippen LogP contribution in [0, 0.1) is 6.92 Å². The van der Waals surface area contributed by atoms with Crippen molar-refractivity contribution < 1.29 is 26.7 Å². The second-order valence-corrected chi connectivity index (χ2v) is 13.1. The van der Waals surface area contributed by atoms with Gasteiger partial charge in [0.05, 0.1) is 17.1 Å². The van der Waals surface area contributed by atoms with Crippen molar-refractivity contribution in [3.05, 3.63) is 69.6 Å². The van der Waals surface area contributed by atoms with Gasteiger partial charge in [0.2, 0.25) is 15.6 Å². The summed E-state index contributed by atoms with van der Waals surface area (Å²) in [6, 6.07) is 10.0. The number of anilines is 1. The number of aromatic nitrogens is 2. The lowest BCUT2D eigenvalue weighted by Crippen LogP contribution is -2.34. The van der Waals surface area contributed by atoms with E-state index >= 15 is 0 Å². The number of hydrogen-bond donors (Lipinski definition) is 3. The molecule has 44 heavy (non-hydrogen) atoms. The molecule has 0 saturated carbocycles. The van der Waals surface area contributed by atoms with E-state index in [2.05, 4.69) is 9.55 Å². The second kappa shape index (κ2) is 14.2. The average Bonchev–Trinajstić information content (AvgIpc) is 3.25. The lowest BCUT2D eigenvalue weighted by molar-refractivity contribution is -0.136. The Bertz CT molecular complexity index is 1750. The number of nitrogens with one attached hydrogen (secondary N) is 1. The second-order valence-electron chi connectivity index (χ2n) is 11.2. The first-order valence-corrected chi connectivity index (χ1v) is 16.6. The maximum absolute atomic E-state index is 14.0. The maximum Gasteiger partial charge on any atom is 0.417 e. The molecule has 2 heterocycles. The molecule has 0 bridgehead atoms. The summed E-state index contributed by atoms with van der Waals surface area (Å²) in [5, 5.41) is 9.98. The van der Waals surface area contributed by atoms with Gasteiger partial charge < -0.3 is 20.4 Å². The number of alkyl halides is 3. The van der Waals surface area contributed by atoms with E-state index in [9.17, 15) is 31.5 Å². The van der Waals surface area contributed by atoms with E-state index in [0.29, 0.717) is 43.1 Å². The minimum Gasteiger partial charge on any atom is -0.399 e. The molecule has 0 saturated heterocycles. The Morgan fingerprint density at radius 2 is 1.57 bits per heavy atom. The molecule has 4 rings (SSSR count). The molecule has 2 aromatic heterocycles. The van der Waals surface area contributed by atoms with E-state index < -0.39 is 27.3 Å². The van der Waals surface area contributed by atoms with Crippen molar-refractivity contribution in [2.75, 3.05) is 25.4 Å². The van der Waals surface area contributed by atoms with Gasteiger partial charge in [-0.05, 0) is 68.1 Å². The third-order valence-electron chi connectivity index (χ3n) is 8.21. The number of halogens is 3. The molecular formula is C32H41F3N4O4S. The molecule has 2 aromatic carbocycles. The number of nitrogens with two attached hydrogens (primary N) is 1. The molecule has 0 amide bonds. The van der Waals surface area contributed by atoms with Gasteiger partial charge in [0.15, 0.2) is 0 Å². The number of pyridine rings is 1. The summed E-state index contributed by atoms with van der Waals surface area (Å²) in [6.45, 7) is 4.63. The number of fused-ring (bicyclic) bond motifs is 3. The van der Waals surface area contributed by atoms with Gasteiger partial charge in [-0.1, -0.05) is 39.0 Å². The number of aryl methyl sites for hydroxylation is 2. The van der Waals surface area contributed by atoms with E-state index in [-0.39, 0.29) is 29.0 Å². The van der Waals surface area contributed by atoms with E-state index in [4.69, 9.17) is 5.73 Å². The highest BCUT2D eigenvalue weighted by Crippen LogP contribution is 2.39. The number of benzene rings is 2. The van der Waals surface area contributed by atoms with Crippen LogP contribution in [0.2, 0.25) is 0 Å². The Morgan fingerprint density at radius 1 is 0.932 bits per heavy atom. The number of nitrogens with zero attached hydrogens (tertiary/aromatic N) is 2. The van der Waals surface area contributed by atoms with Crippen LogP contribution < -0.4 is 11.3 Å². The zero-order chi connectivity index (χ0) is 32.1. The summed E-state index contributed by atoms with van der Waals surface area (Å²) in [5.74, 6) is 0. The fraction of sp³-hybridized carbons (Fsp3) is 0.469. The first-order chi connectivity index (χ1) is 20.9. The fourth-order valence-corrected chi connectivity index (χ4v) is 7.54. The van der Waals surface area contributed by atoms with Gasteiger partial charge in [-0.15, -0.1) is 0 Å². The van der Waals surface area contributed by atoms with Crippen molar-refractivity contribution >= 4 is 37.5 Å². The molecule has 0 fully saturated rings. The third kappa shape index (κ3) is 7.30. The van der Waals surface area contributed by atoms with Crippen LogP contribution in [0.25, 0.3) is 21.8 Å². The molecule has 0 aliphatic rings. The Hall–Kier alpha value is -3.35. The normalized spacial score (nSPS) is 12.6. The van der Waals surface area contributed by atoms with Crippen LogP contribution in [0.5, 0.6) is 0 Å². The molecule has 0 atom stereocenters. The first-order valence-electron chi connectivity index (χ1n) is 15.1. The monoisotopic (exact) mass is 634 g/mol. The molecule has 0 aliphatic carbocycles. The van der Waals surface area contributed by atoms with Crippen molar-refractivity contribution in [3.8, 4) is 0 Å². The highest BCUT2D eigenvalue weighted by atomic mass is 32.2. The van der Waals surface area contributed by atoms with E-state index in [0.717, 1.165) is 55.3 Å². The number of nitrogen functional groups attached to an aromatic ring is 1. The summed E-state index contributed by atoms with van der Waals surface area (Å²) in [5.41, 5.74) is 7.19. The van der Waals surface area contributed by atoms with E-state index in [1.54, 1.807) is 24.3 Å². The van der Waals surface area contributed by atoms with Gasteiger partial charge in [-0.25, -0.2) is 8.42 Å². The van der Waals surface area contributed by atoms with Crippen molar-refractivity contribution in [1.29, 1.82) is 0 Å². The van der Waals surface area contributed by atoms with E-state index in [1.165, 1.54) is 16.4 Å². The summed E-state index contributed by atoms with van der Waals surface area (Å²) < 4.78 is 71.2. The molecule has 0 spiro atoms. The summed E-state index contributed by atoms with van der Waals surface area (Å²) in [4.78, 5) is 14.7. The molecule has 8 nitrogen and oxygen atoms in total. The summed E-state index contributed by atoms with van der Waals surface area (Å²) in [6.07, 6.45) is 2.33. The van der Waals surface area contributed by atoms with Crippen molar-refractivity contribution in [2.24, 2.45) is 0 Å². The molecule has 12 heteroatoms. The van der Waals surface area contributed by atoms with Crippen molar-refractivity contribution in [1.82, 2.24) is 13.9 Å². The third-order valence-corrected chi connectivity index (χ3v) is 10.1. The van der Waals surface area contributed by atoms with Crippen LogP contribution in [-0.4, -0.2) is 47.1 Å². The SMILES string of the molecule is CCc1c(C)c2c3c(C(F)(F)F)cc(=O)[nH]c3ccc2n1CCCCCCCCCN(CCO)S(=O)(=O)c1ccc(N)cc1. The minimum atomic E-state index is -4.65. The first kappa shape index (κ1) is 33.5. The topological polar surface area (TPSA) is 121 Å². The quantitative estimate of drug-likeness (QED) is 0.104. The number of hydrogen-bond acceptors (Lipinski definition) is 5. The van der Waals surface area contributed by atoms with Crippen molar-refractivity contribution in [2.45, 2.75) is 82.8 Å². The Labute approximate surface area is 255 Å². The number of aliphatic hydroxyl groups is 1. The molecule has 0 unspecified atom stereocenters. The average molecular weight is 635 g/mol. The lowest BCUT2D eigenvalue weighted by atomic mass is 10.0. The smallest absolute Gasteiger partial charge is 0.399 e. The number of aliphatic hydroxyl groups excluding tert-OH is 1. The molecule has 0 aliphatic heterocycles. The summed E-state index contributed by atoms with van der Waals surface area (Å²) in [7, 11) is -3.71. The van der Waals surface area contributed by atoms with Crippen LogP contribution >= 0.6 is 0 Å². The highest BCUT2D eigenvalue weighted by Gasteiger charge is 2.35. The van der Waals surface area contributed by atoms with Crippen LogP contribution in [0.1, 0.15) is 68.7 Å². The number of sulfonamides is 1. The molecular weight excluding hydrogens is 593 g/mol. The number of H-pyrrole nitrogens is 1. The predicted octanol–water partition coefficient (Wildman–Crippen LogP) is 6.37. The highest BCUT2D eigenvalue weighted by molar-refractivity contribution is 7.89. The molecule has 240 valence electrons. The number of aromatic amines is 1. The zero-order valence-electron chi connectivity index (χ0n) is 25.2. The Morgan fingerprint density at radius 3 is 2.18 bits per heavy atom. The fourth-order valence-electron chi connectivity index (χ4n) is 6.07. The van der Waals surface area contributed by atoms with E-state index in [1.807, 2.05) is 13.8 Å². The van der Waals surface area contributed by atoms with Crippen LogP contribution in [0.15, 0.2) is 52.2 Å². The predicted molar refractivity (Wildman–Crippen MR) is 168 cm³/mol. The summed E-state index contributed by atoms with van der Waals surface area (Å²) >= 11 is 0. The minimum absolute atomic E-state index is 0.0330. The Kier molecular flexibility index (Phi) is 10.8. The Balaban J connectivity index is 1.32. The number of rotatable bonds is 15. The van der Waals surface area contributed by atoms with Gasteiger partial charge in [-0.2, -0.15) is 17.5 Å². The van der Waals surface area contributed by atoms with Gasteiger partial charge in [0, 0.05) is 58.9 Å². The standard InChI is InChI=1S/C32H41F3N4O4S/c1-3-27-22(2)30-28(16-15-26-31(30)25(32(33,34)35)21-29(41)37-26)39(27)18-10-8-6-4-5-7-9-17-38(19-20-40)44(42,43)24-13-11-23(36)12-14-24/h11-16,21,40H,3-10,17-20,36H2,1-2H3,(H,37,41). The molecule has 4 aromatic rings. The van der Waals surface area contributed by atoms with Crippen molar-refractivity contribution in [3.63, 3.8) is 0 Å². The maximum atomic E-state index is 14.0.